The SMILES string of the molecule is O=C(c1cnc2[nH]c(=O)[nH]c(=O)c2c1)N1CCc2ccccc2C1Cc1ccccc1. The van der Waals surface area contributed by atoms with Crippen molar-refractivity contribution in [3.63, 3.8) is 0 Å². The maximum atomic E-state index is 13.5. The molecule has 1 amide bonds. The summed E-state index contributed by atoms with van der Waals surface area (Å²) in [7, 11) is 0. The number of fused-ring (bicyclic) bond motifs is 2. The van der Waals surface area contributed by atoms with Crippen LogP contribution in [0.1, 0.15) is 33.1 Å². The molecular weight excluding hydrogens is 392 g/mol. The number of benzene rings is 2. The molecule has 2 aromatic carbocycles. The molecule has 1 atom stereocenters. The number of amides is 1. The van der Waals surface area contributed by atoms with Gasteiger partial charge in [-0.25, -0.2) is 9.78 Å². The Balaban J connectivity index is 1.56. The summed E-state index contributed by atoms with van der Waals surface area (Å²) in [6, 6.07) is 19.7. The van der Waals surface area contributed by atoms with Crippen LogP contribution in [-0.2, 0) is 12.8 Å². The first kappa shape index (κ1) is 19.0. The number of nitrogens with zero attached hydrogens (tertiary/aromatic N) is 2. The summed E-state index contributed by atoms with van der Waals surface area (Å²) >= 11 is 0. The van der Waals surface area contributed by atoms with Gasteiger partial charge < -0.3 is 4.90 Å². The minimum atomic E-state index is -0.625. The summed E-state index contributed by atoms with van der Waals surface area (Å²) in [5.74, 6) is -0.185. The number of H-pyrrole nitrogens is 2. The van der Waals surface area contributed by atoms with E-state index >= 15 is 0 Å². The summed E-state index contributed by atoms with van der Waals surface area (Å²) in [6.45, 7) is 0.577. The molecule has 7 heteroatoms. The van der Waals surface area contributed by atoms with Gasteiger partial charge in [-0.1, -0.05) is 54.6 Å². The van der Waals surface area contributed by atoms with Crippen LogP contribution in [0.15, 0.2) is 76.4 Å². The fourth-order valence-corrected chi connectivity index (χ4v) is 4.28. The third-order valence-electron chi connectivity index (χ3n) is 5.78. The number of carbonyl (C=O) groups is 1. The Bertz CT molecular complexity index is 1390. The zero-order valence-electron chi connectivity index (χ0n) is 16.7. The lowest BCUT2D eigenvalue weighted by Gasteiger charge is -2.37. The molecule has 31 heavy (non-hydrogen) atoms. The van der Waals surface area contributed by atoms with Crippen molar-refractivity contribution in [3.05, 3.63) is 110 Å². The Morgan fingerprint density at radius 1 is 1.03 bits per heavy atom. The molecule has 1 unspecified atom stereocenters. The third-order valence-corrected chi connectivity index (χ3v) is 5.78. The fraction of sp³-hybridized carbons (Fsp3) is 0.167. The number of hydrogen-bond donors (Lipinski definition) is 2. The molecule has 2 aromatic heterocycles. The highest BCUT2D eigenvalue weighted by Gasteiger charge is 2.31. The van der Waals surface area contributed by atoms with Gasteiger partial charge in [0.15, 0.2) is 0 Å². The standard InChI is InChI=1S/C24H20N4O3/c29-22-19-13-17(14-25-21(19)26-24(31)27-22)23(30)28-11-10-16-8-4-5-9-18(16)20(28)12-15-6-2-1-3-7-15/h1-9,13-14,20H,10-12H2,(H2,25,26,27,29,31). The van der Waals surface area contributed by atoms with Crippen molar-refractivity contribution in [2.75, 3.05) is 6.54 Å². The molecule has 154 valence electrons. The lowest BCUT2D eigenvalue weighted by molar-refractivity contribution is 0.0660. The first-order valence-corrected chi connectivity index (χ1v) is 10.2. The van der Waals surface area contributed by atoms with E-state index in [1.165, 1.54) is 17.8 Å². The second-order valence-corrected chi connectivity index (χ2v) is 7.68. The van der Waals surface area contributed by atoms with Gasteiger partial charge in [-0.2, -0.15) is 0 Å². The minimum absolute atomic E-state index is 0.121. The summed E-state index contributed by atoms with van der Waals surface area (Å²) in [5.41, 5.74) is 2.83. The van der Waals surface area contributed by atoms with Gasteiger partial charge in [0.1, 0.15) is 5.65 Å². The smallest absolute Gasteiger partial charge is 0.327 e. The van der Waals surface area contributed by atoms with E-state index in [9.17, 15) is 14.4 Å². The largest absolute Gasteiger partial charge is 0.331 e. The van der Waals surface area contributed by atoms with Crippen LogP contribution in [0.2, 0.25) is 0 Å². The molecule has 0 aliphatic carbocycles. The van der Waals surface area contributed by atoms with Crippen molar-refractivity contribution in [1.82, 2.24) is 19.9 Å². The fourth-order valence-electron chi connectivity index (χ4n) is 4.28. The van der Waals surface area contributed by atoms with E-state index in [0.717, 1.165) is 17.5 Å². The van der Waals surface area contributed by atoms with Crippen molar-refractivity contribution in [2.24, 2.45) is 0 Å². The zero-order valence-corrected chi connectivity index (χ0v) is 16.7. The summed E-state index contributed by atoms with van der Waals surface area (Å²) in [6.07, 6.45) is 2.88. The van der Waals surface area contributed by atoms with Gasteiger partial charge in [0, 0.05) is 12.7 Å². The van der Waals surface area contributed by atoms with Gasteiger partial charge >= 0.3 is 5.69 Å². The molecule has 3 heterocycles. The number of carbonyl (C=O) groups excluding carboxylic acids is 1. The van der Waals surface area contributed by atoms with Crippen LogP contribution in [0.3, 0.4) is 0 Å². The first-order valence-electron chi connectivity index (χ1n) is 10.2. The number of nitrogens with one attached hydrogen (secondary N) is 2. The van der Waals surface area contributed by atoms with E-state index in [2.05, 4.69) is 39.2 Å². The third kappa shape index (κ3) is 3.54. The van der Waals surface area contributed by atoms with Crippen LogP contribution in [-0.4, -0.2) is 32.3 Å². The van der Waals surface area contributed by atoms with Crippen molar-refractivity contribution in [3.8, 4) is 0 Å². The van der Waals surface area contributed by atoms with Crippen LogP contribution in [0.25, 0.3) is 11.0 Å². The number of hydrogen-bond acceptors (Lipinski definition) is 4. The molecule has 5 rings (SSSR count). The predicted octanol–water partition coefficient (Wildman–Crippen LogP) is 2.59. The van der Waals surface area contributed by atoms with Gasteiger partial charge in [0.05, 0.1) is 17.0 Å². The second kappa shape index (κ2) is 7.68. The van der Waals surface area contributed by atoms with E-state index in [0.29, 0.717) is 18.5 Å². The van der Waals surface area contributed by atoms with Gasteiger partial charge in [-0.05, 0) is 35.6 Å². The Morgan fingerprint density at radius 3 is 2.65 bits per heavy atom. The normalized spacial score (nSPS) is 15.6. The van der Waals surface area contributed by atoms with E-state index in [-0.39, 0.29) is 23.0 Å². The Morgan fingerprint density at radius 2 is 1.81 bits per heavy atom. The molecular formula is C24H20N4O3. The molecule has 0 fully saturated rings. The molecule has 0 bridgehead atoms. The minimum Gasteiger partial charge on any atom is -0.331 e. The number of rotatable bonds is 3. The molecule has 1 aliphatic rings. The second-order valence-electron chi connectivity index (χ2n) is 7.68. The first-order chi connectivity index (χ1) is 15.1. The van der Waals surface area contributed by atoms with Gasteiger partial charge in [0.2, 0.25) is 0 Å². The highest BCUT2D eigenvalue weighted by molar-refractivity contribution is 5.97. The maximum Gasteiger partial charge on any atom is 0.327 e. The van der Waals surface area contributed by atoms with Crippen LogP contribution in [0, 0.1) is 0 Å². The van der Waals surface area contributed by atoms with Gasteiger partial charge in [0.25, 0.3) is 11.5 Å². The summed E-state index contributed by atoms with van der Waals surface area (Å²) < 4.78 is 0. The molecule has 2 N–H and O–H groups in total. The monoisotopic (exact) mass is 412 g/mol. The predicted molar refractivity (Wildman–Crippen MR) is 117 cm³/mol. The van der Waals surface area contributed by atoms with Crippen LogP contribution in [0.4, 0.5) is 0 Å². The number of aromatic amines is 2. The highest BCUT2D eigenvalue weighted by atomic mass is 16.2. The Hall–Kier alpha value is -4.00. The van der Waals surface area contributed by atoms with E-state index in [1.807, 2.05) is 35.2 Å². The van der Waals surface area contributed by atoms with Crippen LogP contribution < -0.4 is 11.2 Å². The average Bonchev–Trinajstić information content (AvgIpc) is 2.79. The van der Waals surface area contributed by atoms with Gasteiger partial charge in [-0.15, -0.1) is 0 Å². The molecule has 0 saturated carbocycles. The summed E-state index contributed by atoms with van der Waals surface area (Å²) in [5, 5.41) is 0.183. The highest BCUT2D eigenvalue weighted by Crippen LogP contribution is 2.33. The molecule has 4 aromatic rings. The van der Waals surface area contributed by atoms with Gasteiger partial charge in [-0.3, -0.25) is 19.6 Å². The van der Waals surface area contributed by atoms with Crippen molar-refractivity contribution < 1.29 is 4.79 Å². The molecule has 0 radical (unpaired) electrons. The van der Waals surface area contributed by atoms with Crippen molar-refractivity contribution in [2.45, 2.75) is 18.9 Å². The van der Waals surface area contributed by atoms with E-state index < -0.39 is 11.2 Å². The van der Waals surface area contributed by atoms with Crippen LogP contribution >= 0.6 is 0 Å². The molecule has 0 saturated heterocycles. The topological polar surface area (TPSA) is 98.9 Å². The number of pyridine rings is 1. The van der Waals surface area contributed by atoms with Crippen LogP contribution in [0.5, 0.6) is 0 Å². The average molecular weight is 412 g/mol. The molecule has 0 spiro atoms. The lowest BCUT2D eigenvalue weighted by Crippen LogP contribution is -2.41. The van der Waals surface area contributed by atoms with E-state index in [1.54, 1.807) is 0 Å². The Labute approximate surface area is 177 Å². The maximum absolute atomic E-state index is 13.5. The zero-order chi connectivity index (χ0) is 21.4. The lowest BCUT2D eigenvalue weighted by atomic mass is 9.88. The molecule has 7 nitrogen and oxygen atoms in total. The van der Waals surface area contributed by atoms with E-state index in [4.69, 9.17) is 0 Å². The van der Waals surface area contributed by atoms with Crippen molar-refractivity contribution in [1.29, 1.82) is 0 Å². The summed E-state index contributed by atoms with van der Waals surface area (Å²) in [4.78, 5) is 47.9. The number of aromatic nitrogens is 3. The quantitative estimate of drug-likeness (QED) is 0.540. The molecule has 1 aliphatic heterocycles. The van der Waals surface area contributed by atoms with Crippen molar-refractivity contribution >= 4 is 16.9 Å². The Kier molecular flexibility index (Phi) is 4.71.